The maximum absolute atomic E-state index is 12.1. The first-order valence-corrected chi connectivity index (χ1v) is 6.25. The molecule has 0 bridgehead atoms. The van der Waals surface area contributed by atoms with Crippen LogP contribution in [0.15, 0.2) is 30.3 Å². The van der Waals surface area contributed by atoms with Crippen LogP contribution in [0.5, 0.6) is 0 Å². The third-order valence-electron chi connectivity index (χ3n) is 2.92. The number of carbonyl (C=O) groups excluding carboxylic acids is 1. The Hall–Kier alpha value is -2.37. The second-order valence-electron chi connectivity index (χ2n) is 4.37. The molecule has 20 heavy (non-hydrogen) atoms. The van der Waals surface area contributed by atoms with Crippen molar-refractivity contribution in [3.8, 4) is 0 Å². The average Bonchev–Trinajstić information content (AvgIpc) is 2.39. The minimum absolute atomic E-state index is 0.479. The molecule has 0 saturated carbocycles. The zero-order chi connectivity index (χ0) is 15.1. The fourth-order valence-electron chi connectivity index (χ4n) is 1.90. The number of benzene rings is 1. The maximum atomic E-state index is 12.1. The fraction of sp³-hybridized carbons (Fsp3) is 0.357. The summed E-state index contributed by atoms with van der Waals surface area (Å²) in [6.07, 6.45) is -0.151. The van der Waals surface area contributed by atoms with E-state index in [0.717, 1.165) is 5.56 Å². The van der Waals surface area contributed by atoms with E-state index in [0.29, 0.717) is 6.42 Å². The summed E-state index contributed by atoms with van der Waals surface area (Å²) < 4.78 is 0. The summed E-state index contributed by atoms with van der Waals surface area (Å²) in [5, 5.41) is 19.8. The van der Waals surface area contributed by atoms with Crippen LogP contribution >= 0.6 is 0 Å². The van der Waals surface area contributed by atoms with E-state index in [2.05, 4.69) is 5.32 Å². The summed E-state index contributed by atoms with van der Waals surface area (Å²) in [5.41, 5.74) is 0.770. The van der Waals surface area contributed by atoms with E-state index >= 15 is 0 Å². The summed E-state index contributed by atoms with van der Waals surface area (Å²) in [6.45, 7) is 1.81. The van der Waals surface area contributed by atoms with E-state index in [1.807, 2.05) is 13.0 Å². The minimum Gasteiger partial charge on any atom is -0.481 e. The largest absolute Gasteiger partial charge is 0.481 e. The molecule has 1 amide bonds. The zero-order valence-corrected chi connectivity index (χ0v) is 11.1. The third kappa shape index (κ3) is 4.38. The number of rotatable bonds is 7. The van der Waals surface area contributed by atoms with Crippen LogP contribution < -0.4 is 5.32 Å². The summed E-state index contributed by atoms with van der Waals surface area (Å²) >= 11 is 0. The van der Waals surface area contributed by atoms with Gasteiger partial charge in [0, 0.05) is 0 Å². The highest BCUT2D eigenvalue weighted by Gasteiger charge is 2.27. The number of aliphatic carboxylic acids is 2. The van der Waals surface area contributed by atoms with Gasteiger partial charge in [-0.3, -0.25) is 9.59 Å². The van der Waals surface area contributed by atoms with Gasteiger partial charge in [0.1, 0.15) is 6.04 Å². The van der Waals surface area contributed by atoms with Gasteiger partial charge in [0.15, 0.2) is 0 Å². The number of carboxylic acids is 2. The molecule has 0 aliphatic heterocycles. The molecule has 108 valence electrons. The van der Waals surface area contributed by atoms with Gasteiger partial charge < -0.3 is 15.5 Å². The van der Waals surface area contributed by atoms with Crippen molar-refractivity contribution in [2.24, 2.45) is 0 Å². The third-order valence-corrected chi connectivity index (χ3v) is 2.92. The summed E-state index contributed by atoms with van der Waals surface area (Å²) in [5.74, 6) is -3.60. The number of hydrogen-bond acceptors (Lipinski definition) is 3. The van der Waals surface area contributed by atoms with Gasteiger partial charge in [0.05, 0.1) is 12.3 Å². The lowest BCUT2D eigenvalue weighted by molar-refractivity contribution is -0.147. The Balaban J connectivity index is 2.81. The van der Waals surface area contributed by atoms with Gasteiger partial charge in [-0.2, -0.15) is 0 Å². The Bertz CT molecular complexity index is 486. The van der Waals surface area contributed by atoms with E-state index < -0.39 is 36.2 Å². The molecule has 1 rings (SSSR count). The molecule has 0 saturated heterocycles. The monoisotopic (exact) mass is 279 g/mol. The number of carbonyl (C=O) groups is 3. The fourth-order valence-corrected chi connectivity index (χ4v) is 1.90. The molecule has 0 aromatic heterocycles. The first kappa shape index (κ1) is 15.7. The van der Waals surface area contributed by atoms with Crippen molar-refractivity contribution < 1.29 is 24.6 Å². The number of amides is 1. The van der Waals surface area contributed by atoms with Crippen molar-refractivity contribution in [1.82, 2.24) is 5.32 Å². The van der Waals surface area contributed by atoms with Gasteiger partial charge in [-0.25, -0.2) is 4.79 Å². The Morgan fingerprint density at radius 1 is 1.15 bits per heavy atom. The lowest BCUT2D eigenvalue weighted by Crippen LogP contribution is -2.44. The molecule has 0 aliphatic rings. The molecule has 1 aromatic carbocycles. The van der Waals surface area contributed by atoms with Crippen LogP contribution in [-0.4, -0.2) is 34.1 Å². The Labute approximate surface area is 116 Å². The Kier molecular flexibility index (Phi) is 5.71. The van der Waals surface area contributed by atoms with Gasteiger partial charge in [-0.1, -0.05) is 37.3 Å². The zero-order valence-electron chi connectivity index (χ0n) is 11.1. The lowest BCUT2D eigenvalue weighted by atomic mass is 9.95. The van der Waals surface area contributed by atoms with Crippen LogP contribution in [0.3, 0.4) is 0 Å². The Morgan fingerprint density at radius 3 is 2.20 bits per heavy atom. The van der Waals surface area contributed by atoms with Crippen LogP contribution in [0, 0.1) is 0 Å². The quantitative estimate of drug-likeness (QED) is 0.696. The van der Waals surface area contributed by atoms with Crippen molar-refractivity contribution in [1.29, 1.82) is 0 Å². The molecular weight excluding hydrogens is 262 g/mol. The van der Waals surface area contributed by atoms with Gasteiger partial charge in [-0.15, -0.1) is 0 Å². The van der Waals surface area contributed by atoms with E-state index in [4.69, 9.17) is 10.2 Å². The first-order valence-electron chi connectivity index (χ1n) is 6.25. The first-order chi connectivity index (χ1) is 9.45. The van der Waals surface area contributed by atoms with Crippen molar-refractivity contribution in [2.75, 3.05) is 0 Å². The molecule has 6 heteroatoms. The smallest absolute Gasteiger partial charge is 0.326 e. The summed E-state index contributed by atoms with van der Waals surface area (Å²) in [4.78, 5) is 33.6. The SMILES string of the molecule is CCC(C(=O)NC(CC(=O)O)C(=O)O)c1ccccc1. The van der Waals surface area contributed by atoms with Crippen molar-refractivity contribution in [3.63, 3.8) is 0 Å². The van der Waals surface area contributed by atoms with E-state index in [9.17, 15) is 14.4 Å². The van der Waals surface area contributed by atoms with Gasteiger partial charge in [-0.05, 0) is 12.0 Å². The van der Waals surface area contributed by atoms with Gasteiger partial charge in [0.25, 0.3) is 0 Å². The minimum atomic E-state index is -1.42. The molecule has 2 atom stereocenters. The molecule has 0 aliphatic carbocycles. The molecule has 0 spiro atoms. The summed E-state index contributed by atoms with van der Waals surface area (Å²) in [6, 6.07) is 7.53. The van der Waals surface area contributed by atoms with Crippen LogP contribution in [-0.2, 0) is 14.4 Å². The lowest BCUT2D eigenvalue weighted by Gasteiger charge is -2.18. The molecule has 0 heterocycles. The highest BCUT2D eigenvalue weighted by molar-refractivity contribution is 5.90. The molecule has 1 aromatic rings. The molecule has 0 fully saturated rings. The highest BCUT2D eigenvalue weighted by Crippen LogP contribution is 2.19. The van der Waals surface area contributed by atoms with Crippen LogP contribution in [0.1, 0.15) is 31.2 Å². The van der Waals surface area contributed by atoms with Crippen molar-refractivity contribution in [2.45, 2.75) is 31.7 Å². The predicted molar refractivity (Wildman–Crippen MR) is 71.3 cm³/mol. The number of nitrogens with one attached hydrogen (secondary N) is 1. The van der Waals surface area contributed by atoms with Crippen LogP contribution in [0.2, 0.25) is 0 Å². The van der Waals surface area contributed by atoms with Crippen molar-refractivity contribution >= 4 is 17.8 Å². The predicted octanol–water partition coefficient (Wildman–Crippen LogP) is 1.22. The van der Waals surface area contributed by atoms with E-state index in [1.165, 1.54) is 0 Å². The van der Waals surface area contributed by atoms with Crippen molar-refractivity contribution in [3.05, 3.63) is 35.9 Å². The van der Waals surface area contributed by atoms with E-state index in [1.54, 1.807) is 24.3 Å². The van der Waals surface area contributed by atoms with Gasteiger partial charge in [0.2, 0.25) is 5.91 Å². The molecular formula is C14H17NO5. The number of carboxylic acid groups (broad SMARTS) is 2. The number of hydrogen-bond donors (Lipinski definition) is 3. The maximum Gasteiger partial charge on any atom is 0.326 e. The molecule has 6 nitrogen and oxygen atoms in total. The second-order valence-corrected chi connectivity index (χ2v) is 4.37. The average molecular weight is 279 g/mol. The topological polar surface area (TPSA) is 104 Å². The molecule has 0 radical (unpaired) electrons. The molecule has 3 N–H and O–H groups in total. The second kappa shape index (κ2) is 7.28. The van der Waals surface area contributed by atoms with Crippen LogP contribution in [0.4, 0.5) is 0 Å². The summed E-state index contributed by atoms with van der Waals surface area (Å²) in [7, 11) is 0. The van der Waals surface area contributed by atoms with E-state index in [-0.39, 0.29) is 0 Å². The van der Waals surface area contributed by atoms with Gasteiger partial charge >= 0.3 is 11.9 Å². The van der Waals surface area contributed by atoms with Crippen LogP contribution in [0.25, 0.3) is 0 Å². The highest BCUT2D eigenvalue weighted by atomic mass is 16.4. The normalized spacial score (nSPS) is 13.2. The molecule has 2 unspecified atom stereocenters. The Morgan fingerprint density at radius 2 is 1.75 bits per heavy atom. The standard InChI is InChI=1S/C14H17NO5/c1-2-10(9-6-4-3-5-7-9)13(18)15-11(14(19)20)8-12(16)17/h3-7,10-11H,2,8H2,1H3,(H,15,18)(H,16,17)(H,19,20).